The summed E-state index contributed by atoms with van der Waals surface area (Å²) in [6.07, 6.45) is 8.30. The summed E-state index contributed by atoms with van der Waals surface area (Å²) in [7, 11) is 0. The Labute approximate surface area is 170 Å². The molecule has 5 nitrogen and oxygen atoms in total. The zero-order chi connectivity index (χ0) is 19.1. The fraction of sp³-hybridized carbons (Fsp3) is 0.636. The molecule has 150 valence electrons. The second-order valence-corrected chi connectivity index (χ2v) is 9.83. The van der Waals surface area contributed by atoms with Crippen molar-refractivity contribution in [1.29, 1.82) is 0 Å². The minimum Gasteiger partial charge on any atom is -0.337 e. The maximum Gasteiger partial charge on any atom is 0.329 e. The van der Waals surface area contributed by atoms with Crippen LogP contribution in [-0.4, -0.2) is 44.5 Å². The van der Waals surface area contributed by atoms with Gasteiger partial charge >= 0.3 is 5.69 Å². The van der Waals surface area contributed by atoms with Crippen LogP contribution in [0.5, 0.6) is 0 Å². The lowest BCUT2D eigenvalue weighted by atomic mass is 9.95. The number of thioether (sulfide) groups is 1. The van der Waals surface area contributed by atoms with Gasteiger partial charge in [0.1, 0.15) is 0 Å². The van der Waals surface area contributed by atoms with Gasteiger partial charge in [-0.15, -0.1) is 0 Å². The van der Waals surface area contributed by atoms with E-state index < -0.39 is 0 Å². The van der Waals surface area contributed by atoms with E-state index in [0.29, 0.717) is 12.0 Å². The number of carbonyl (C=O) groups is 1. The summed E-state index contributed by atoms with van der Waals surface area (Å²) in [6.45, 7) is 2.44. The second-order valence-electron chi connectivity index (χ2n) is 8.61. The quantitative estimate of drug-likeness (QED) is 0.783. The number of hydrogen-bond donors (Lipinski definition) is 0. The molecule has 6 heteroatoms. The van der Waals surface area contributed by atoms with Gasteiger partial charge in [0.2, 0.25) is 0 Å². The van der Waals surface area contributed by atoms with Crippen molar-refractivity contribution in [2.75, 3.05) is 24.6 Å². The first-order valence-corrected chi connectivity index (χ1v) is 12.0. The molecule has 0 bridgehead atoms. The van der Waals surface area contributed by atoms with Crippen molar-refractivity contribution >= 4 is 28.7 Å². The topological polar surface area (TPSA) is 47.2 Å². The minimum atomic E-state index is 0.109. The Kier molecular flexibility index (Phi) is 4.99. The third-order valence-corrected chi connectivity index (χ3v) is 7.53. The number of fused-ring (bicyclic) bond motifs is 1. The van der Waals surface area contributed by atoms with E-state index in [9.17, 15) is 9.59 Å². The molecular weight excluding hydrogens is 370 g/mol. The van der Waals surface area contributed by atoms with Crippen LogP contribution in [0.4, 0.5) is 0 Å². The molecule has 0 radical (unpaired) electrons. The Bertz CT molecular complexity index is 931. The van der Waals surface area contributed by atoms with Gasteiger partial charge in [-0.05, 0) is 49.8 Å². The molecule has 0 atom stereocenters. The second kappa shape index (κ2) is 7.62. The molecule has 0 spiro atoms. The van der Waals surface area contributed by atoms with Gasteiger partial charge in [0.05, 0.1) is 11.0 Å². The van der Waals surface area contributed by atoms with Crippen LogP contribution in [0.25, 0.3) is 11.0 Å². The molecule has 5 rings (SSSR count). The number of imidazole rings is 1. The predicted molar refractivity (Wildman–Crippen MR) is 114 cm³/mol. The van der Waals surface area contributed by atoms with E-state index in [4.69, 9.17) is 0 Å². The van der Waals surface area contributed by atoms with Crippen LogP contribution in [0.2, 0.25) is 0 Å². The van der Waals surface area contributed by atoms with E-state index in [1.807, 2.05) is 44.0 Å². The van der Waals surface area contributed by atoms with Crippen molar-refractivity contribution in [2.45, 2.75) is 57.5 Å². The Hall–Kier alpha value is -1.69. The summed E-state index contributed by atoms with van der Waals surface area (Å²) in [6, 6.07) is 6.26. The number of amides is 1. The van der Waals surface area contributed by atoms with E-state index in [-0.39, 0.29) is 11.6 Å². The zero-order valence-corrected chi connectivity index (χ0v) is 17.3. The molecule has 2 saturated carbocycles. The van der Waals surface area contributed by atoms with Gasteiger partial charge < -0.3 is 4.90 Å². The minimum absolute atomic E-state index is 0.109. The third-order valence-electron chi connectivity index (χ3n) is 6.59. The van der Waals surface area contributed by atoms with E-state index in [1.165, 1.54) is 32.1 Å². The summed E-state index contributed by atoms with van der Waals surface area (Å²) in [5, 5.41) is 0. The summed E-state index contributed by atoms with van der Waals surface area (Å²) in [5.74, 6) is 2.76. The molecule has 0 unspecified atom stereocenters. The molecule has 3 aliphatic rings. The molecule has 28 heavy (non-hydrogen) atoms. The van der Waals surface area contributed by atoms with Crippen molar-refractivity contribution in [1.82, 2.24) is 14.0 Å². The highest BCUT2D eigenvalue weighted by atomic mass is 32.2. The summed E-state index contributed by atoms with van der Waals surface area (Å²) in [4.78, 5) is 28.3. The smallest absolute Gasteiger partial charge is 0.329 e. The largest absolute Gasteiger partial charge is 0.337 e. The number of hydrogen-bond acceptors (Lipinski definition) is 3. The lowest BCUT2D eigenvalue weighted by molar-refractivity contribution is 0.0772. The Balaban J connectivity index is 1.56. The van der Waals surface area contributed by atoms with Gasteiger partial charge in [-0.3, -0.25) is 13.9 Å². The van der Waals surface area contributed by atoms with Gasteiger partial charge in [-0.1, -0.05) is 19.3 Å². The van der Waals surface area contributed by atoms with Gasteiger partial charge in [-0.2, -0.15) is 11.8 Å². The molecule has 1 aromatic heterocycles. The zero-order valence-electron chi connectivity index (χ0n) is 16.4. The van der Waals surface area contributed by atoms with Crippen LogP contribution in [0.1, 0.15) is 61.3 Å². The number of benzene rings is 1. The average molecular weight is 400 g/mol. The molecule has 1 aromatic carbocycles. The lowest BCUT2D eigenvalue weighted by Gasteiger charge is -2.26. The fourth-order valence-electron chi connectivity index (χ4n) is 4.79. The standard InChI is InChI=1S/C22H29N3O2S/c26-21(23-10-12-28-13-11-23)17-8-9-19-20(14-17)24(15-16-6-7-16)22(27)25(19)18-4-2-1-3-5-18/h8-9,14,16,18H,1-7,10-13,15H2. The Morgan fingerprint density at radius 3 is 2.46 bits per heavy atom. The van der Waals surface area contributed by atoms with Gasteiger partial charge in [0, 0.05) is 42.7 Å². The number of nitrogens with zero attached hydrogens (tertiary/aromatic N) is 3. The molecule has 1 saturated heterocycles. The highest BCUT2D eigenvalue weighted by Crippen LogP contribution is 2.34. The molecule has 0 N–H and O–H groups in total. The van der Waals surface area contributed by atoms with E-state index in [1.54, 1.807) is 0 Å². The summed E-state index contributed by atoms with van der Waals surface area (Å²) >= 11 is 1.91. The van der Waals surface area contributed by atoms with Crippen LogP contribution in [-0.2, 0) is 6.54 Å². The van der Waals surface area contributed by atoms with Crippen LogP contribution >= 0.6 is 11.8 Å². The van der Waals surface area contributed by atoms with Crippen LogP contribution in [0.3, 0.4) is 0 Å². The fourth-order valence-corrected chi connectivity index (χ4v) is 5.69. The predicted octanol–water partition coefficient (Wildman–Crippen LogP) is 3.91. The molecule has 1 amide bonds. The third kappa shape index (κ3) is 3.40. The first kappa shape index (κ1) is 18.3. The molecule has 3 fully saturated rings. The first-order valence-electron chi connectivity index (χ1n) is 10.8. The number of rotatable bonds is 4. The van der Waals surface area contributed by atoms with Gasteiger partial charge in [0.25, 0.3) is 5.91 Å². The van der Waals surface area contributed by atoms with E-state index >= 15 is 0 Å². The number of aromatic nitrogens is 2. The Morgan fingerprint density at radius 1 is 1.00 bits per heavy atom. The molecule has 2 aromatic rings. The normalized spacial score (nSPS) is 21.4. The highest BCUT2D eigenvalue weighted by Gasteiger charge is 2.28. The van der Waals surface area contributed by atoms with Crippen LogP contribution in [0, 0.1) is 5.92 Å². The first-order chi connectivity index (χ1) is 13.7. The summed E-state index contributed by atoms with van der Waals surface area (Å²) < 4.78 is 4.01. The molecule has 1 aliphatic heterocycles. The van der Waals surface area contributed by atoms with Gasteiger partial charge in [0.15, 0.2) is 0 Å². The van der Waals surface area contributed by atoms with Crippen molar-refractivity contribution in [3.63, 3.8) is 0 Å². The number of carbonyl (C=O) groups excluding carboxylic acids is 1. The molecule has 2 heterocycles. The van der Waals surface area contributed by atoms with Crippen molar-refractivity contribution in [3.8, 4) is 0 Å². The van der Waals surface area contributed by atoms with E-state index in [0.717, 1.165) is 60.6 Å². The van der Waals surface area contributed by atoms with Crippen LogP contribution in [0.15, 0.2) is 23.0 Å². The SMILES string of the molecule is O=C(c1ccc2c(c1)n(CC1CC1)c(=O)n2C1CCCCC1)N1CCSCC1. The lowest BCUT2D eigenvalue weighted by Crippen LogP contribution is -2.37. The maximum atomic E-state index is 13.4. The molecular formula is C22H29N3O2S. The van der Waals surface area contributed by atoms with E-state index in [2.05, 4.69) is 0 Å². The maximum absolute atomic E-state index is 13.4. The molecule has 2 aliphatic carbocycles. The highest BCUT2D eigenvalue weighted by molar-refractivity contribution is 7.99. The van der Waals surface area contributed by atoms with Crippen molar-refractivity contribution in [2.24, 2.45) is 5.92 Å². The van der Waals surface area contributed by atoms with Crippen LogP contribution < -0.4 is 5.69 Å². The van der Waals surface area contributed by atoms with Crippen molar-refractivity contribution < 1.29 is 4.79 Å². The Morgan fingerprint density at radius 2 is 1.75 bits per heavy atom. The summed E-state index contributed by atoms with van der Waals surface area (Å²) in [5.41, 5.74) is 2.83. The van der Waals surface area contributed by atoms with Gasteiger partial charge in [-0.25, -0.2) is 4.79 Å². The monoisotopic (exact) mass is 399 g/mol. The van der Waals surface area contributed by atoms with Crippen molar-refractivity contribution in [3.05, 3.63) is 34.2 Å². The average Bonchev–Trinajstić information content (AvgIpc) is 3.53.